The summed E-state index contributed by atoms with van der Waals surface area (Å²) < 4.78 is 11.9. The molecule has 8 fully saturated rings. The normalized spacial score (nSPS) is 69.8. The van der Waals surface area contributed by atoms with E-state index in [0.29, 0.717) is 59.2 Å². The lowest BCUT2D eigenvalue weighted by Crippen LogP contribution is -2.56. The van der Waals surface area contributed by atoms with E-state index in [1.165, 1.54) is 0 Å². The summed E-state index contributed by atoms with van der Waals surface area (Å²) in [6, 6.07) is 0. The van der Waals surface area contributed by atoms with Crippen molar-refractivity contribution in [3.05, 3.63) is 0 Å². The van der Waals surface area contributed by atoms with Crippen LogP contribution in [0.15, 0.2) is 0 Å². The van der Waals surface area contributed by atoms with E-state index < -0.39 is 0 Å². The highest BCUT2D eigenvalue weighted by molar-refractivity contribution is 8.00. The number of carbonyl (C=O) groups is 2. The third-order valence-electron chi connectivity index (χ3n) is 10.7. The van der Waals surface area contributed by atoms with Crippen LogP contribution in [0.2, 0.25) is 0 Å². The van der Waals surface area contributed by atoms with Crippen LogP contribution < -0.4 is 0 Å². The van der Waals surface area contributed by atoms with Crippen LogP contribution in [-0.4, -0.2) is 35.1 Å². The second kappa shape index (κ2) is 4.01. The Morgan fingerprint density at radius 3 is 2.35 bits per heavy atom. The first-order valence-electron chi connectivity index (χ1n) is 10.6. The molecule has 5 heteroatoms. The lowest BCUT2D eigenvalue weighted by molar-refractivity contribution is -0.173. The maximum atomic E-state index is 13.5. The summed E-state index contributed by atoms with van der Waals surface area (Å²) in [5.74, 6) is 5.67. The van der Waals surface area contributed by atoms with E-state index in [0.717, 1.165) is 25.7 Å². The smallest absolute Gasteiger partial charge is 0.323 e. The highest BCUT2D eigenvalue weighted by Gasteiger charge is 2.86. The van der Waals surface area contributed by atoms with Crippen LogP contribution in [0.1, 0.15) is 25.7 Å². The molecule has 0 aromatic carbocycles. The maximum Gasteiger partial charge on any atom is 0.323 e. The number of fused-ring (bicyclic) bond motifs is 4. The van der Waals surface area contributed by atoms with Crippen molar-refractivity contribution in [1.82, 2.24) is 0 Å². The fourth-order valence-electron chi connectivity index (χ4n) is 10.8. The van der Waals surface area contributed by atoms with Gasteiger partial charge in [-0.1, -0.05) is 0 Å². The predicted molar refractivity (Wildman–Crippen MR) is 92.9 cm³/mol. The van der Waals surface area contributed by atoms with E-state index in [-0.39, 0.29) is 34.8 Å². The molecule has 8 rings (SSSR count). The average Bonchev–Trinajstić information content (AvgIpc) is 3.37. The van der Waals surface area contributed by atoms with Gasteiger partial charge in [0.1, 0.15) is 17.0 Å². The van der Waals surface area contributed by atoms with Gasteiger partial charge in [-0.15, -0.1) is 11.8 Å². The van der Waals surface area contributed by atoms with Crippen LogP contribution in [0.3, 0.4) is 0 Å². The first-order valence-corrected chi connectivity index (χ1v) is 11.9. The minimum atomic E-state index is -0.321. The molecule has 0 aromatic heterocycles. The van der Waals surface area contributed by atoms with Gasteiger partial charge in [-0.05, 0) is 79.3 Å². The molecule has 0 spiro atoms. The fourth-order valence-corrected chi connectivity index (χ4v) is 12.2. The molecule has 26 heavy (non-hydrogen) atoms. The second-order valence-electron chi connectivity index (χ2n) is 10.4. The third-order valence-corrected chi connectivity index (χ3v) is 12.1. The van der Waals surface area contributed by atoms with Crippen LogP contribution in [0.25, 0.3) is 0 Å². The largest absolute Gasteiger partial charge is 0.462 e. The van der Waals surface area contributed by atoms with Crippen molar-refractivity contribution in [2.45, 2.75) is 42.6 Å². The zero-order valence-corrected chi connectivity index (χ0v) is 15.7. The van der Waals surface area contributed by atoms with Gasteiger partial charge in [-0.25, -0.2) is 0 Å². The molecular formula is C21H24O4S. The molecule has 2 heterocycles. The summed E-state index contributed by atoms with van der Waals surface area (Å²) in [5.41, 5.74) is 0. The molecular weight excluding hydrogens is 348 g/mol. The number of ether oxygens (including phenoxy) is 2. The van der Waals surface area contributed by atoms with Crippen molar-refractivity contribution in [3.63, 3.8) is 0 Å². The molecule has 0 bridgehead atoms. The number of esters is 2. The lowest BCUT2D eigenvalue weighted by Gasteiger charge is -2.47. The molecule has 0 radical (unpaired) electrons. The summed E-state index contributed by atoms with van der Waals surface area (Å²) in [4.78, 5) is 26.6. The van der Waals surface area contributed by atoms with Crippen molar-refractivity contribution in [1.29, 1.82) is 0 Å². The van der Waals surface area contributed by atoms with Gasteiger partial charge in [0.05, 0.1) is 5.92 Å². The molecule has 4 nitrogen and oxygen atoms in total. The Morgan fingerprint density at radius 1 is 0.808 bits per heavy atom. The minimum Gasteiger partial charge on any atom is -0.462 e. The third kappa shape index (κ3) is 1.11. The second-order valence-corrected chi connectivity index (χ2v) is 11.5. The molecule has 8 aliphatic rings. The number of rotatable bonds is 1. The molecule has 6 saturated carbocycles. The SMILES string of the molecule is CS[C@@]12C(=O)O[C@H]3CC[C@@H]4[C@@H]5[C@@H]6C(=O)O[C@@H]7CC[C@@H]8[C@H]7[C@@H]6[C@H]([C@@H]5[C@@H]1[C@H]43)[C@@H]82. The number of carbonyl (C=O) groups excluding carboxylic acids is 2. The maximum absolute atomic E-state index is 13.5. The molecule has 0 aromatic rings. The van der Waals surface area contributed by atoms with E-state index in [1.807, 2.05) is 11.8 Å². The Kier molecular flexibility index (Phi) is 2.21. The summed E-state index contributed by atoms with van der Waals surface area (Å²) >= 11 is 1.82. The Bertz CT molecular complexity index is 782. The number of hydrogen-bond acceptors (Lipinski definition) is 5. The zero-order valence-electron chi connectivity index (χ0n) is 14.9. The Morgan fingerprint density at radius 2 is 1.54 bits per heavy atom. The summed E-state index contributed by atoms with van der Waals surface area (Å²) in [6.45, 7) is 0. The molecule has 0 unspecified atom stereocenters. The van der Waals surface area contributed by atoms with Crippen LogP contribution >= 0.6 is 11.8 Å². The predicted octanol–water partition coefficient (Wildman–Crippen LogP) is 2.36. The first kappa shape index (κ1) is 14.3. The quantitative estimate of drug-likeness (QED) is 0.662. The van der Waals surface area contributed by atoms with Crippen LogP contribution in [-0.2, 0) is 19.1 Å². The highest BCUT2D eigenvalue weighted by Crippen LogP contribution is 2.84. The Labute approximate surface area is 157 Å². The minimum absolute atomic E-state index is 0.114. The molecule has 0 amide bonds. The van der Waals surface area contributed by atoms with Crippen LogP contribution in [0, 0.1) is 65.1 Å². The molecule has 2 saturated heterocycles. The van der Waals surface area contributed by atoms with E-state index >= 15 is 0 Å². The molecule has 6 aliphatic carbocycles. The fraction of sp³-hybridized carbons (Fsp3) is 0.905. The molecule has 0 N–H and O–H groups in total. The summed E-state index contributed by atoms with van der Waals surface area (Å²) in [7, 11) is 0. The van der Waals surface area contributed by atoms with Gasteiger partial charge in [0.25, 0.3) is 0 Å². The van der Waals surface area contributed by atoms with E-state index in [4.69, 9.17) is 9.47 Å². The van der Waals surface area contributed by atoms with Gasteiger partial charge in [0, 0.05) is 11.8 Å². The van der Waals surface area contributed by atoms with Crippen LogP contribution in [0.4, 0.5) is 0 Å². The van der Waals surface area contributed by atoms with Gasteiger partial charge in [0.15, 0.2) is 0 Å². The molecule has 2 aliphatic heterocycles. The van der Waals surface area contributed by atoms with Gasteiger partial charge in [-0.3, -0.25) is 9.59 Å². The Balaban J connectivity index is 1.43. The monoisotopic (exact) mass is 372 g/mol. The van der Waals surface area contributed by atoms with Gasteiger partial charge < -0.3 is 9.47 Å². The standard InChI is InChI=1S/C21H24O4S/c1-26-21-17-7-3-5-8-10(7)13-15(17)14-12(16(13)19(22)24-8)6-2-4-9(25-20(21)23)11(6)18(14)21/h6-18H,2-5H2,1H3/t6-,7+,8+,9-,10+,11+,12-,13+,14+,15+,16-,17+,18-,21+/m0/s1. The molecule has 14 atom stereocenters. The van der Waals surface area contributed by atoms with Crippen molar-refractivity contribution in [3.8, 4) is 0 Å². The number of hydrogen-bond donors (Lipinski definition) is 0. The zero-order chi connectivity index (χ0) is 17.1. The first-order chi connectivity index (χ1) is 12.7. The van der Waals surface area contributed by atoms with Gasteiger partial charge in [0.2, 0.25) is 0 Å². The van der Waals surface area contributed by atoms with E-state index in [2.05, 4.69) is 6.26 Å². The number of thioether (sulfide) groups is 1. The summed E-state index contributed by atoms with van der Waals surface area (Å²) in [6.07, 6.45) is 6.76. The van der Waals surface area contributed by atoms with Crippen molar-refractivity contribution in [2.24, 2.45) is 65.1 Å². The summed E-state index contributed by atoms with van der Waals surface area (Å²) in [5, 5.41) is 0. The Hall–Kier alpha value is -0.710. The molecule has 138 valence electrons. The highest BCUT2D eigenvalue weighted by atomic mass is 32.2. The topological polar surface area (TPSA) is 52.6 Å². The average molecular weight is 372 g/mol. The van der Waals surface area contributed by atoms with Crippen molar-refractivity contribution in [2.75, 3.05) is 6.26 Å². The van der Waals surface area contributed by atoms with Crippen molar-refractivity contribution >= 4 is 23.7 Å². The van der Waals surface area contributed by atoms with Gasteiger partial charge >= 0.3 is 11.9 Å². The van der Waals surface area contributed by atoms with Gasteiger partial charge in [-0.2, -0.15) is 0 Å². The van der Waals surface area contributed by atoms with Crippen LogP contribution in [0.5, 0.6) is 0 Å². The van der Waals surface area contributed by atoms with E-state index in [1.54, 1.807) is 0 Å². The lowest BCUT2D eigenvalue weighted by atomic mass is 9.70. The van der Waals surface area contributed by atoms with E-state index in [9.17, 15) is 9.59 Å². The van der Waals surface area contributed by atoms with Crippen molar-refractivity contribution < 1.29 is 19.1 Å².